The zero-order valence-electron chi connectivity index (χ0n) is 11.4. The molecule has 1 aliphatic carbocycles. The second-order valence-electron chi connectivity index (χ2n) is 5.43. The van der Waals surface area contributed by atoms with Crippen LogP contribution < -0.4 is 5.32 Å². The summed E-state index contributed by atoms with van der Waals surface area (Å²) in [5, 5.41) is 12.5. The Balaban J connectivity index is 1.66. The summed E-state index contributed by atoms with van der Waals surface area (Å²) in [6.45, 7) is 6.08. The SMILES string of the molecule is CCOC1CCCN(CCC(C#N)NC2CC2)C1. The van der Waals surface area contributed by atoms with Gasteiger partial charge in [0.2, 0.25) is 0 Å². The van der Waals surface area contributed by atoms with E-state index in [4.69, 9.17) is 10.00 Å². The quantitative estimate of drug-likeness (QED) is 0.745. The fraction of sp³-hybridized carbons (Fsp3) is 0.929. The van der Waals surface area contributed by atoms with Crippen LogP contribution in [0.25, 0.3) is 0 Å². The van der Waals surface area contributed by atoms with E-state index >= 15 is 0 Å². The second-order valence-corrected chi connectivity index (χ2v) is 5.43. The first kappa shape index (κ1) is 13.8. The summed E-state index contributed by atoms with van der Waals surface area (Å²) in [4.78, 5) is 2.45. The average molecular weight is 251 g/mol. The van der Waals surface area contributed by atoms with Crippen molar-refractivity contribution in [3.8, 4) is 6.07 Å². The molecule has 2 fully saturated rings. The number of hydrogen-bond donors (Lipinski definition) is 1. The first-order valence-electron chi connectivity index (χ1n) is 7.31. The van der Waals surface area contributed by atoms with Gasteiger partial charge in [0.05, 0.1) is 18.2 Å². The highest BCUT2D eigenvalue weighted by atomic mass is 16.5. The van der Waals surface area contributed by atoms with Crippen LogP contribution in [-0.2, 0) is 4.74 Å². The second kappa shape index (κ2) is 7.08. The monoisotopic (exact) mass is 251 g/mol. The van der Waals surface area contributed by atoms with Crippen LogP contribution in [-0.4, -0.2) is 49.3 Å². The van der Waals surface area contributed by atoms with E-state index in [1.54, 1.807) is 0 Å². The molecule has 0 bridgehead atoms. The maximum absolute atomic E-state index is 9.11. The number of nitriles is 1. The van der Waals surface area contributed by atoms with E-state index in [1.807, 2.05) is 0 Å². The maximum Gasteiger partial charge on any atom is 0.0967 e. The maximum atomic E-state index is 9.11. The van der Waals surface area contributed by atoms with Crippen molar-refractivity contribution in [2.45, 2.75) is 57.2 Å². The molecule has 18 heavy (non-hydrogen) atoms. The molecule has 4 nitrogen and oxygen atoms in total. The zero-order chi connectivity index (χ0) is 12.8. The van der Waals surface area contributed by atoms with Gasteiger partial charge < -0.3 is 9.64 Å². The van der Waals surface area contributed by atoms with Gasteiger partial charge in [-0.1, -0.05) is 0 Å². The molecule has 2 aliphatic rings. The fourth-order valence-electron chi connectivity index (χ4n) is 2.62. The van der Waals surface area contributed by atoms with Crippen LogP contribution >= 0.6 is 0 Å². The van der Waals surface area contributed by atoms with Gasteiger partial charge in [-0.05, 0) is 45.6 Å². The summed E-state index contributed by atoms with van der Waals surface area (Å²) in [6.07, 6.45) is 6.24. The van der Waals surface area contributed by atoms with Gasteiger partial charge in [0.1, 0.15) is 0 Å². The summed E-state index contributed by atoms with van der Waals surface area (Å²) >= 11 is 0. The van der Waals surface area contributed by atoms with Crippen LogP contribution in [0, 0.1) is 11.3 Å². The van der Waals surface area contributed by atoms with Gasteiger partial charge >= 0.3 is 0 Å². The van der Waals surface area contributed by atoms with Crippen molar-refractivity contribution in [1.82, 2.24) is 10.2 Å². The lowest BCUT2D eigenvalue weighted by Gasteiger charge is -2.32. The molecule has 1 heterocycles. The molecule has 1 N–H and O–H groups in total. The Morgan fingerprint density at radius 2 is 2.28 bits per heavy atom. The Labute approximate surface area is 110 Å². The molecule has 2 unspecified atom stereocenters. The van der Waals surface area contributed by atoms with Crippen LogP contribution in [0.5, 0.6) is 0 Å². The molecule has 0 spiro atoms. The first-order valence-corrected chi connectivity index (χ1v) is 7.31. The predicted octanol–water partition coefficient (Wildman–Crippen LogP) is 1.52. The molecule has 2 rings (SSSR count). The van der Waals surface area contributed by atoms with E-state index in [9.17, 15) is 0 Å². The molecule has 4 heteroatoms. The number of nitrogens with zero attached hydrogens (tertiary/aromatic N) is 2. The Hall–Kier alpha value is -0.630. The smallest absolute Gasteiger partial charge is 0.0967 e. The average Bonchev–Trinajstić information content (AvgIpc) is 3.19. The van der Waals surface area contributed by atoms with Crippen molar-refractivity contribution in [3.63, 3.8) is 0 Å². The van der Waals surface area contributed by atoms with Gasteiger partial charge in [-0.15, -0.1) is 0 Å². The van der Waals surface area contributed by atoms with E-state index in [0.717, 1.165) is 32.7 Å². The molecule has 0 radical (unpaired) electrons. The summed E-state index contributed by atoms with van der Waals surface area (Å²) in [5.74, 6) is 0. The lowest BCUT2D eigenvalue weighted by Crippen LogP contribution is -2.42. The van der Waals surface area contributed by atoms with E-state index in [1.165, 1.54) is 25.7 Å². The highest BCUT2D eigenvalue weighted by Crippen LogP contribution is 2.20. The van der Waals surface area contributed by atoms with Crippen LogP contribution in [0.4, 0.5) is 0 Å². The topological polar surface area (TPSA) is 48.3 Å². The lowest BCUT2D eigenvalue weighted by molar-refractivity contribution is 0.00539. The van der Waals surface area contributed by atoms with Gasteiger partial charge in [0.25, 0.3) is 0 Å². The Morgan fingerprint density at radius 1 is 1.44 bits per heavy atom. The van der Waals surface area contributed by atoms with Gasteiger partial charge in [-0.25, -0.2) is 0 Å². The number of ether oxygens (including phenoxy) is 1. The number of piperidine rings is 1. The fourth-order valence-corrected chi connectivity index (χ4v) is 2.62. The van der Waals surface area contributed by atoms with Gasteiger partial charge in [-0.2, -0.15) is 5.26 Å². The van der Waals surface area contributed by atoms with Crippen molar-refractivity contribution >= 4 is 0 Å². The Morgan fingerprint density at radius 3 is 2.94 bits per heavy atom. The third kappa shape index (κ3) is 4.56. The first-order chi connectivity index (χ1) is 8.81. The molecule has 1 saturated carbocycles. The number of nitrogens with one attached hydrogen (secondary N) is 1. The molecule has 1 aliphatic heterocycles. The van der Waals surface area contributed by atoms with E-state index < -0.39 is 0 Å². The highest BCUT2D eigenvalue weighted by molar-refractivity contribution is 4.96. The summed E-state index contributed by atoms with van der Waals surface area (Å²) in [7, 11) is 0. The third-order valence-corrected chi connectivity index (χ3v) is 3.77. The van der Waals surface area contributed by atoms with E-state index in [-0.39, 0.29) is 6.04 Å². The number of hydrogen-bond acceptors (Lipinski definition) is 4. The summed E-state index contributed by atoms with van der Waals surface area (Å²) < 4.78 is 5.70. The zero-order valence-corrected chi connectivity index (χ0v) is 11.4. The highest BCUT2D eigenvalue weighted by Gasteiger charge is 2.25. The summed E-state index contributed by atoms with van der Waals surface area (Å²) in [5.41, 5.74) is 0. The normalized spacial score (nSPS) is 26.8. The minimum absolute atomic E-state index is 0.0324. The Bertz CT molecular complexity index is 283. The molecule has 0 aromatic carbocycles. The minimum atomic E-state index is 0.0324. The van der Waals surface area contributed by atoms with Crippen LogP contribution in [0.3, 0.4) is 0 Å². The van der Waals surface area contributed by atoms with E-state index in [0.29, 0.717) is 12.1 Å². The van der Waals surface area contributed by atoms with Crippen molar-refractivity contribution in [1.29, 1.82) is 5.26 Å². The molecule has 0 aromatic rings. The molecule has 102 valence electrons. The Kier molecular flexibility index (Phi) is 5.43. The van der Waals surface area contributed by atoms with Crippen molar-refractivity contribution < 1.29 is 4.74 Å². The third-order valence-electron chi connectivity index (χ3n) is 3.77. The van der Waals surface area contributed by atoms with Crippen molar-refractivity contribution in [3.05, 3.63) is 0 Å². The molecule has 1 saturated heterocycles. The predicted molar refractivity (Wildman–Crippen MR) is 71.3 cm³/mol. The largest absolute Gasteiger partial charge is 0.377 e. The van der Waals surface area contributed by atoms with Gasteiger partial charge in [-0.3, -0.25) is 5.32 Å². The lowest BCUT2D eigenvalue weighted by atomic mass is 10.1. The van der Waals surface area contributed by atoms with Crippen LogP contribution in [0.2, 0.25) is 0 Å². The van der Waals surface area contributed by atoms with Gasteiger partial charge in [0.15, 0.2) is 0 Å². The van der Waals surface area contributed by atoms with Crippen LogP contribution in [0.1, 0.15) is 39.0 Å². The van der Waals surface area contributed by atoms with Crippen molar-refractivity contribution in [2.24, 2.45) is 0 Å². The molecule has 0 amide bonds. The molecular weight excluding hydrogens is 226 g/mol. The van der Waals surface area contributed by atoms with Gasteiger partial charge in [0, 0.05) is 25.7 Å². The van der Waals surface area contributed by atoms with Crippen LogP contribution in [0.15, 0.2) is 0 Å². The molecule has 0 aromatic heterocycles. The number of rotatable bonds is 7. The molecular formula is C14H25N3O. The summed E-state index contributed by atoms with van der Waals surface area (Å²) in [6, 6.07) is 3.03. The van der Waals surface area contributed by atoms with Crippen molar-refractivity contribution in [2.75, 3.05) is 26.2 Å². The standard InChI is InChI=1S/C14H25N3O/c1-2-18-14-4-3-8-17(11-14)9-7-13(10-15)16-12-5-6-12/h12-14,16H,2-9,11H2,1H3. The minimum Gasteiger partial charge on any atom is -0.377 e. The molecule has 2 atom stereocenters. The van der Waals surface area contributed by atoms with E-state index in [2.05, 4.69) is 23.2 Å². The number of likely N-dealkylation sites (tertiary alicyclic amines) is 1.